The molecule has 0 bridgehead atoms. The minimum Gasteiger partial charge on any atom is -0.404 e. The molecule has 0 spiro atoms. The third-order valence-electron chi connectivity index (χ3n) is 1.54. The van der Waals surface area contributed by atoms with Crippen LogP contribution in [0.2, 0.25) is 5.02 Å². The van der Waals surface area contributed by atoms with E-state index in [1.54, 1.807) is 0 Å². The van der Waals surface area contributed by atoms with Crippen LogP contribution in [0.5, 0.6) is 5.75 Å². The third kappa shape index (κ3) is 3.18. The second-order valence-corrected chi connectivity index (χ2v) is 3.44. The van der Waals surface area contributed by atoms with Crippen molar-refractivity contribution in [2.45, 2.75) is 6.36 Å². The van der Waals surface area contributed by atoms with Gasteiger partial charge in [-0.15, -0.1) is 13.2 Å². The highest BCUT2D eigenvalue weighted by Crippen LogP contribution is 2.33. The number of benzene rings is 1. The second kappa shape index (κ2) is 4.39. The number of anilines is 1. The summed E-state index contributed by atoms with van der Waals surface area (Å²) in [5, 5.41) is -1.15. The Kier molecular flexibility index (Phi) is 3.54. The quantitative estimate of drug-likeness (QED) is 0.665. The molecule has 2 N–H and O–H groups in total. The molecule has 8 heteroatoms. The molecule has 0 saturated carbocycles. The van der Waals surface area contributed by atoms with Crippen LogP contribution in [-0.4, -0.2) is 11.6 Å². The topological polar surface area (TPSA) is 52.3 Å². The van der Waals surface area contributed by atoms with Crippen LogP contribution in [0, 0.1) is 0 Å². The molecule has 0 radical (unpaired) electrons. The van der Waals surface area contributed by atoms with Crippen LogP contribution in [0.1, 0.15) is 10.4 Å². The number of nitrogen functional groups attached to an aromatic ring is 1. The van der Waals surface area contributed by atoms with Gasteiger partial charge < -0.3 is 10.5 Å². The molecule has 0 aliphatic rings. The SMILES string of the molecule is Nc1cc(Cl)c(C(=O)Cl)cc1OC(F)(F)F. The molecule has 0 aliphatic carbocycles. The Morgan fingerprint density at radius 1 is 1.38 bits per heavy atom. The third-order valence-corrected chi connectivity index (χ3v) is 2.05. The van der Waals surface area contributed by atoms with E-state index in [4.69, 9.17) is 28.9 Å². The van der Waals surface area contributed by atoms with Crippen molar-refractivity contribution >= 4 is 34.1 Å². The molecule has 1 rings (SSSR count). The molecule has 0 heterocycles. The van der Waals surface area contributed by atoms with E-state index < -0.39 is 17.4 Å². The molecule has 1 aromatic rings. The molecule has 1 aromatic carbocycles. The summed E-state index contributed by atoms with van der Waals surface area (Å²) in [7, 11) is 0. The first kappa shape index (κ1) is 12.9. The van der Waals surface area contributed by atoms with Crippen LogP contribution in [0.3, 0.4) is 0 Å². The van der Waals surface area contributed by atoms with Crippen molar-refractivity contribution in [2.24, 2.45) is 0 Å². The first-order chi connectivity index (χ1) is 7.20. The number of hydrogen-bond acceptors (Lipinski definition) is 3. The minimum atomic E-state index is -4.91. The van der Waals surface area contributed by atoms with Gasteiger partial charge in [0.1, 0.15) is 0 Å². The summed E-state index contributed by atoms with van der Waals surface area (Å²) in [4.78, 5) is 10.8. The van der Waals surface area contributed by atoms with E-state index >= 15 is 0 Å². The van der Waals surface area contributed by atoms with Crippen molar-refractivity contribution < 1.29 is 22.7 Å². The van der Waals surface area contributed by atoms with Crippen molar-refractivity contribution in [1.82, 2.24) is 0 Å². The van der Waals surface area contributed by atoms with E-state index in [-0.39, 0.29) is 16.3 Å². The van der Waals surface area contributed by atoms with Crippen molar-refractivity contribution in [3.05, 3.63) is 22.7 Å². The zero-order valence-electron chi connectivity index (χ0n) is 7.44. The number of carbonyl (C=O) groups is 1. The fourth-order valence-electron chi connectivity index (χ4n) is 0.932. The monoisotopic (exact) mass is 273 g/mol. The summed E-state index contributed by atoms with van der Waals surface area (Å²) in [5.41, 5.74) is 4.58. The van der Waals surface area contributed by atoms with Gasteiger partial charge in [0.25, 0.3) is 5.24 Å². The highest BCUT2D eigenvalue weighted by Gasteiger charge is 2.32. The van der Waals surface area contributed by atoms with E-state index in [9.17, 15) is 18.0 Å². The number of hydrogen-bond donors (Lipinski definition) is 1. The fraction of sp³-hybridized carbons (Fsp3) is 0.125. The number of halogens is 5. The van der Waals surface area contributed by atoms with Crippen LogP contribution < -0.4 is 10.5 Å². The smallest absolute Gasteiger partial charge is 0.404 e. The summed E-state index contributed by atoms with van der Waals surface area (Å²) in [6, 6.07) is 1.69. The molecule has 0 fully saturated rings. The van der Waals surface area contributed by atoms with Crippen LogP contribution >= 0.6 is 23.2 Å². The molecular formula is C8H4Cl2F3NO2. The van der Waals surface area contributed by atoms with E-state index in [0.717, 1.165) is 12.1 Å². The predicted octanol–water partition coefficient (Wildman–Crippen LogP) is 3.20. The Bertz CT molecular complexity index is 434. The van der Waals surface area contributed by atoms with Gasteiger partial charge in [-0.1, -0.05) is 11.6 Å². The Morgan fingerprint density at radius 3 is 2.38 bits per heavy atom. The maximum Gasteiger partial charge on any atom is 0.573 e. The van der Waals surface area contributed by atoms with Crippen LogP contribution in [0.4, 0.5) is 18.9 Å². The summed E-state index contributed by atoms with van der Waals surface area (Å²) in [6.07, 6.45) is -4.91. The van der Waals surface area contributed by atoms with Crippen LogP contribution in [0.15, 0.2) is 12.1 Å². The number of carbonyl (C=O) groups excluding carboxylic acids is 1. The second-order valence-electron chi connectivity index (χ2n) is 2.69. The first-order valence-corrected chi connectivity index (χ1v) is 4.51. The van der Waals surface area contributed by atoms with Crippen molar-refractivity contribution in [2.75, 3.05) is 5.73 Å². The summed E-state index contributed by atoms with van der Waals surface area (Å²) in [5.74, 6) is -0.721. The average Bonchev–Trinajstić information content (AvgIpc) is 2.07. The van der Waals surface area contributed by atoms with Crippen molar-refractivity contribution in [1.29, 1.82) is 0 Å². The number of ether oxygens (including phenoxy) is 1. The lowest BCUT2D eigenvalue weighted by Crippen LogP contribution is -2.18. The number of rotatable bonds is 2. The lowest BCUT2D eigenvalue weighted by atomic mass is 10.2. The molecule has 3 nitrogen and oxygen atoms in total. The van der Waals surface area contributed by atoms with Gasteiger partial charge in [0.15, 0.2) is 5.75 Å². The Morgan fingerprint density at radius 2 is 1.94 bits per heavy atom. The highest BCUT2D eigenvalue weighted by atomic mass is 35.5. The average molecular weight is 274 g/mol. The van der Waals surface area contributed by atoms with Gasteiger partial charge in [0.05, 0.1) is 16.3 Å². The largest absolute Gasteiger partial charge is 0.573 e. The molecular weight excluding hydrogens is 270 g/mol. The standard InChI is InChI=1S/C8H4Cl2F3NO2/c9-4-2-5(14)6(16-8(11,12)13)1-3(4)7(10)15/h1-2H,14H2. The van der Waals surface area contributed by atoms with E-state index in [2.05, 4.69) is 4.74 Å². The van der Waals surface area contributed by atoms with Gasteiger partial charge in [0, 0.05) is 0 Å². The molecule has 0 aromatic heterocycles. The van der Waals surface area contributed by atoms with Crippen LogP contribution in [0.25, 0.3) is 0 Å². The lowest BCUT2D eigenvalue weighted by Gasteiger charge is -2.12. The first-order valence-electron chi connectivity index (χ1n) is 3.75. The van der Waals surface area contributed by atoms with Gasteiger partial charge in [0.2, 0.25) is 0 Å². The normalized spacial score (nSPS) is 11.3. The van der Waals surface area contributed by atoms with Gasteiger partial charge in [-0.3, -0.25) is 4.79 Å². The summed E-state index contributed by atoms with van der Waals surface area (Å²) in [6.45, 7) is 0. The van der Waals surface area contributed by atoms with E-state index in [1.165, 1.54) is 0 Å². The molecule has 0 saturated heterocycles. The Hall–Kier alpha value is -1.14. The number of nitrogens with two attached hydrogens (primary N) is 1. The van der Waals surface area contributed by atoms with Crippen LogP contribution in [-0.2, 0) is 0 Å². The van der Waals surface area contributed by atoms with Gasteiger partial charge in [-0.2, -0.15) is 0 Å². The maximum absolute atomic E-state index is 11.9. The fourth-order valence-corrected chi connectivity index (χ4v) is 1.40. The molecule has 0 atom stereocenters. The Labute approximate surface area is 97.9 Å². The van der Waals surface area contributed by atoms with E-state index in [0.29, 0.717) is 0 Å². The summed E-state index contributed by atoms with van der Waals surface area (Å²) < 4.78 is 39.4. The van der Waals surface area contributed by atoms with Gasteiger partial charge in [-0.05, 0) is 23.7 Å². The molecule has 0 aliphatic heterocycles. The van der Waals surface area contributed by atoms with Gasteiger partial charge >= 0.3 is 6.36 Å². The van der Waals surface area contributed by atoms with E-state index in [1.807, 2.05) is 0 Å². The molecule has 0 amide bonds. The highest BCUT2D eigenvalue weighted by molar-refractivity contribution is 6.68. The Balaban J connectivity index is 3.20. The zero-order valence-corrected chi connectivity index (χ0v) is 8.95. The maximum atomic E-state index is 11.9. The minimum absolute atomic E-state index is 0.146. The lowest BCUT2D eigenvalue weighted by molar-refractivity contribution is -0.274. The van der Waals surface area contributed by atoms with Crippen molar-refractivity contribution in [3.8, 4) is 5.75 Å². The van der Waals surface area contributed by atoms with Gasteiger partial charge in [-0.25, -0.2) is 0 Å². The molecule has 88 valence electrons. The summed E-state index contributed by atoms with van der Waals surface area (Å²) >= 11 is 10.6. The van der Waals surface area contributed by atoms with Crippen molar-refractivity contribution in [3.63, 3.8) is 0 Å². The molecule has 16 heavy (non-hydrogen) atoms. The zero-order chi connectivity index (χ0) is 12.5. The predicted molar refractivity (Wildman–Crippen MR) is 52.7 cm³/mol. The molecule has 0 unspecified atom stereocenters. The number of alkyl halides is 3.